The van der Waals surface area contributed by atoms with E-state index >= 15 is 0 Å². The summed E-state index contributed by atoms with van der Waals surface area (Å²) in [7, 11) is 0. The number of nitrogens with one attached hydrogen (secondary N) is 1. The Balaban J connectivity index is 1.50. The van der Waals surface area contributed by atoms with Gasteiger partial charge in [-0.2, -0.15) is 5.10 Å². The fraction of sp³-hybridized carbons (Fsp3) is 0.312. The SMILES string of the molecule is O=C(O)[C@H]1C[C@@H]1C(=O)NCc1cnn(Cc2ccccc2)c1. The third-order valence-corrected chi connectivity index (χ3v) is 3.79. The first-order valence-electron chi connectivity index (χ1n) is 7.19. The van der Waals surface area contributed by atoms with Crippen LogP contribution in [0.4, 0.5) is 0 Å². The second kappa shape index (κ2) is 6.01. The molecule has 3 rings (SSSR count). The van der Waals surface area contributed by atoms with Gasteiger partial charge in [-0.05, 0) is 12.0 Å². The maximum Gasteiger partial charge on any atom is 0.307 e. The van der Waals surface area contributed by atoms with Gasteiger partial charge in [-0.15, -0.1) is 0 Å². The van der Waals surface area contributed by atoms with Crippen molar-refractivity contribution in [2.75, 3.05) is 0 Å². The van der Waals surface area contributed by atoms with Gasteiger partial charge in [-0.1, -0.05) is 30.3 Å². The molecule has 1 aromatic heterocycles. The largest absolute Gasteiger partial charge is 0.481 e. The minimum absolute atomic E-state index is 0.191. The molecule has 1 heterocycles. The number of hydrogen-bond donors (Lipinski definition) is 2. The van der Waals surface area contributed by atoms with Gasteiger partial charge in [0.05, 0.1) is 24.6 Å². The summed E-state index contributed by atoms with van der Waals surface area (Å²) in [6, 6.07) is 9.99. The predicted molar refractivity (Wildman–Crippen MR) is 78.9 cm³/mol. The van der Waals surface area contributed by atoms with E-state index in [-0.39, 0.29) is 11.8 Å². The number of amides is 1. The quantitative estimate of drug-likeness (QED) is 0.841. The zero-order chi connectivity index (χ0) is 15.5. The highest BCUT2D eigenvalue weighted by atomic mass is 16.4. The Kier molecular flexibility index (Phi) is 3.91. The summed E-state index contributed by atoms with van der Waals surface area (Å²) in [6.45, 7) is 1.05. The molecule has 114 valence electrons. The Labute approximate surface area is 127 Å². The monoisotopic (exact) mass is 299 g/mol. The van der Waals surface area contributed by atoms with Crippen LogP contribution in [-0.4, -0.2) is 26.8 Å². The van der Waals surface area contributed by atoms with E-state index in [1.807, 2.05) is 41.2 Å². The summed E-state index contributed by atoms with van der Waals surface area (Å²) in [5.74, 6) is -1.98. The van der Waals surface area contributed by atoms with Gasteiger partial charge in [0.15, 0.2) is 0 Å². The number of carboxylic acid groups (broad SMARTS) is 1. The standard InChI is InChI=1S/C16H17N3O3/c20-15(13-6-14(13)16(21)22)17-7-12-8-18-19(10-12)9-11-4-2-1-3-5-11/h1-5,8,10,13-14H,6-7,9H2,(H,17,20)(H,21,22)/t13-,14-/m0/s1. The van der Waals surface area contributed by atoms with Crippen molar-refractivity contribution in [1.29, 1.82) is 0 Å². The van der Waals surface area contributed by atoms with Gasteiger partial charge in [0.2, 0.25) is 5.91 Å². The molecule has 0 radical (unpaired) electrons. The van der Waals surface area contributed by atoms with Crippen LogP contribution >= 0.6 is 0 Å². The van der Waals surface area contributed by atoms with Crippen molar-refractivity contribution >= 4 is 11.9 Å². The van der Waals surface area contributed by atoms with Crippen LogP contribution in [0.3, 0.4) is 0 Å². The minimum Gasteiger partial charge on any atom is -0.481 e. The highest BCUT2D eigenvalue weighted by Crippen LogP contribution is 2.38. The molecule has 1 fully saturated rings. The van der Waals surface area contributed by atoms with E-state index in [2.05, 4.69) is 10.4 Å². The molecule has 2 N–H and O–H groups in total. The maximum atomic E-state index is 11.8. The van der Waals surface area contributed by atoms with Gasteiger partial charge in [-0.3, -0.25) is 14.3 Å². The minimum atomic E-state index is -0.893. The van der Waals surface area contributed by atoms with E-state index in [1.54, 1.807) is 6.20 Å². The van der Waals surface area contributed by atoms with E-state index in [9.17, 15) is 9.59 Å². The van der Waals surface area contributed by atoms with Gasteiger partial charge in [0, 0.05) is 18.3 Å². The zero-order valence-electron chi connectivity index (χ0n) is 12.0. The fourth-order valence-corrected chi connectivity index (χ4v) is 2.43. The highest BCUT2D eigenvalue weighted by Gasteiger charge is 2.48. The van der Waals surface area contributed by atoms with Crippen LogP contribution in [0, 0.1) is 11.8 Å². The van der Waals surface area contributed by atoms with Gasteiger partial charge in [-0.25, -0.2) is 0 Å². The third kappa shape index (κ3) is 3.33. The van der Waals surface area contributed by atoms with Gasteiger partial charge in [0.1, 0.15) is 0 Å². The van der Waals surface area contributed by atoms with Crippen molar-refractivity contribution in [2.24, 2.45) is 11.8 Å². The molecule has 0 unspecified atom stereocenters. The van der Waals surface area contributed by atoms with E-state index in [0.717, 1.165) is 11.1 Å². The molecule has 1 amide bonds. The molecule has 0 spiro atoms. The Morgan fingerprint density at radius 2 is 2.00 bits per heavy atom. The first-order chi connectivity index (χ1) is 10.6. The molecule has 0 bridgehead atoms. The molecule has 1 aliphatic carbocycles. The number of aliphatic carboxylic acids is 1. The number of carbonyl (C=O) groups is 2. The molecule has 0 saturated heterocycles. The van der Waals surface area contributed by atoms with Crippen LogP contribution < -0.4 is 5.32 Å². The normalized spacial score (nSPS) is 19.6. The third-order valence-electron chi connectivity index (χ3n) is 3.79. The summed E-state index contributed by atoms with van der Waals surface area (Å²) in [4.78, 5) is 22.5. The molecule has 6 heteroatoms. The second-order valence-electron chi connectivity index (χ2n) is 5.54. The van der Waals surface area contributed by atoms with E-state index in [4.69, 9.17) is 5.11 Å². The Morgan fingerprint density at radius 3 is 2.68 bits per heavy atom. The van der Waals surface area contributed by atoms with Crippen LogP contribution in [0.1, 0.15) is 17.5 Å². The number of rotatable bonds is 6. The topological polar surface area (TPSA) is 84.2 Å². The smallest absolute Gasteiger partial charge is 0.307 e. The molecule has 6 nitrogen and oxygen atoms in total. The lowest BCUT2D eigenvalue weighted by molar-refractivity contribution is -0.140. The summed E-state index contributed by atoms with van der Waals surface area (Å²) in [6.07, 6.45) is 4.04. The van der Waals surface area contributed by atoms with Gasteiger partial charge in [0.25, 0.3) is 0 Å². The zero-order valence-corrected chi connectivity index (χ0v) is 12.0. The first kappa shape index (κ1) is 14.3. The Bertz CT molecular complexity index is 681. The molecule has 1 aliphatic rings. The number of carboxylic acids is 1. The molecular weight excluding hydrogens is 282 g/mol. The lowest BCUT2D eigenvalue weighted by atomic mass is 10.2. The Morgan fingerprint density at radius 1 is 1.23 bits per heavy atom. The molecule has 0 aliphatic heterocycles. The van der Waals surface area contributed by atoms with Crippen molar-refractivity contribution < 1.29 is 14.7 Å². The fourth-order valence-electron chi connectivity index (χ4n) is 2.43. The van der Waals surface area contributed by atoms with Crippen molar-refractivity contribution in [1.82, 2.24) is 15.1 Å². The number of nitrogens with zero attached hydrogens (tertiary/aromatic N) is 2. The van der Waals surface area contributed by atoms with Crippen molar-refractivity contribution in [3.63, 3.8) is 0 Å². The summed E-state index contributed by atoms with van der Waals surface area (Å²) >= 11 is 0. The maximum absolute atomic E-state index is 11.8. The number of carbonyl (C=O) groups excluding carboxylic acids is 1. The van der Waals surface area contributed by atoms with Crippen LogP contribution in [0.25, 0.3) is 0 Å². The molecule has 1 aromatic carbocycles. The van der Waals surface area contributed by atoms with Crippen LogP contribution in [0.15, 0.2) is 42.7 Å². The lowest BCUT2D eigenvalue weighted by Gasteiger charge is -2.02. The van der Waals surface area contributed by atoms with Crippen molar-refractivity contribution in [3.05, 3.63) is 53.9 Å². The average Bonchev–Trinajstić information content (AvgIpc) is 3.21. The van der Waals surface area contributed by atoms with Crippen LogP contribution in [0.5, 0.6) is 0 Å². The summed E-state index contributed by atoms with van der Waals surface area (Å²) in [5.41, 5.74) is 2.06. The Hall–Kier alpha value is -2.63. The predicted octanol–water partition coefficient (Wildman–Crippen LogP) is 1.27. The van der Waals surface area contributed by atoms with Crippen LogP contribution in [-0.2, 0) is 22.7 Å². The van der Waals surface area contributed by atoms with Crippen LogP contribution in [0.2, 0.25) is 0 Å². The molecule has 2 atom stereocenters. The summed E-state index contributed by atoms with van der Waals surface area (Å²) in [5, 5.41) is 15.8. The molecule has 2 aromatic rings. The highest BCUT2D eigenvalue weighted by molar-refractivity contribution is 5.89. The molecule has 22 heavy (non-hydrogen) atoms. The number of benzene rings is 1. The second-order valence-corrected chi connectivity index (χ2v) is 5.54. The number of aromatic nitrogens is 2. The van der Waals surface area contributed by atoms with E-state index < -0.39 is 11.9 Å². The van der Waals surface area contributed by atoms with E-state index in [1.165, 1.54) is 0 Å². The molecular formula is C16H17N3O3. The first-order valence-corrected chi connectivity index (χ1v) is 7.19. The lowest BCUT2D eigenvalue weighted by Crippen LogP contribution is -2.25. The number of hydrogen-bond acceptors (Lipinski definition) is 3. The van der Waals surface area contributed by atoms with E-state index in [0.29, 0.717) is 19.5 Å². The molecule has 1 saturated carbocycles. The summed E-state index contributed by atoms with van der Waals surface area (Å²) < 4.78 is 1.81. The van der Waals surface area contributed by atoms with Crippen molar-refractivity contribution in [3.8, 4) is 0 Å². The van der Waals surface area contributed by atoms with Crippen molar-refractivity contribution in [2.45, 2.75) is 19.5 Å². The van der Waals surface area contributed by atoms with Gasteiger partial charge >= 0.3 is 5.97 Å². The van der Waals surface area contributed by atoms with Gasteiger partial charge < -0.3 is 10.4 Å². The average molecular weight is 299 g/mol.